The maximum absolute atomic E-state index is 6.06. The molecule has 0 aromatic heterocycles. The van der Waals surface area contributed by atoms with Crippen molar-refractivity contribution in [1.82, 2.24) is 0 Å². The fraction of sp³-hybridized carbons (Fsp3) is 0.158. The number of allylic oxidation sites excluding steroid dienone is 6. The van der Waals surface area contributed by atoms with Crippen molar-refractivity contribution in [2.24, 2.45) is 0 Å². The van der Waals surface area contributed by atoms with Gasteiger partial charge in [-0.05, 0) is 35.8 Å². The SMILES string of the molecule is C=CC1=C(C)Oc2ccc3c(c2C1)OC(C=C)=C(C=C)C3. The lowest BCUT2D eigenvalue weighted by atomic mass is 9.93. The molecule has 1 aromatic carbocycles. The topological polar surface area (TPSA) is 18.5 Å². The van der Waals surface area contributed by atoms with Gasteiger partial charge in [0.15, 0.2) is 0 Å². The zero-order valence-electron chi connectivity index (χ0n) is 12.2. The summed E-state index contributed by atoms with van der Waals surface area (Å²) < 4.78 is 12.0. The summed E-state index contributed by atoms with van der Waals surface area (Å²) in [4.78, 5) is 0. The highest BCUT2D eigenvalue weighted by Gasteiger charge is 2.25. The van der Waals surface area contributed by atoms with Crippen LogP contribution in [0, 0.1) is 0 Å². The number of hydrogen-bond acceptors (Lipinski definition) is 2. The molecule has 0 bridgehead atoms. The summed E-state index contributed by atoms with van der Waals surface area (Å²) in [6.07, 6.45) is 6.99. The molecule has 21 heavy (non-hydrogen) atoms. The van der Waals surface area contributed by atoms with Gasteiger partial charge < -0.3 is 9.47 Å². The fourth-order valence-electron chi connectivity index (χ4n) is 2.76. The molecule has 2 heterocycles. The van der Waals surface area contributed by atoms with E-state index in [2.05, 4.69) is 25.8 Å². The molecular weight excluding hydrogens is 260 g/mol. The van der Waals surface area contributed by atoms with E-state index >= 15 is 0 Å². The van der Waals surface area contributed by atoms with Gasteiger partial charge in [0.1, 0.15) is 23.0 Å². The van der Waals surface area contributed by atoms with Crippen LogP contribution in [0.2, 0.25) is 0 Å². The second-order valence-electron chi connectivity index (χ2n) is 5.17. The largest absolute Gasteiger partial charge is 0.461 e. The lowest BCUT2D eigenvalue weighted by Gasteiger charge is -2.27. The van der Waals surface area contributed by atoms with Crippen molar-refractivity contribution in [3.8, 4) is 11.5 Å². The summed E-state index contributed by atoms with van der Waals surface area (Å²) in [6, 6.07) is 4.07. The molecule has 2 heteroatoms. The molecule has 0 atom stereocenters. The zero-order chi connectivity index (χ0) is 15.0. The maximum atomic E-state index is 6.06. The van der Waals surface area contributed by atoms with Crippen LogP contribution in [0.25, 0.3) is 0 Å². The van der Waals surface area contributed by atoms with E-state index in [1.807, 2.05) is 25.1 Å². The molecule has 0 saturated carbocycles. The third-order valence-electron chi connectivity index (χ3n) is 3.97. The molecule has 2 aliphatic heterocycles. The van der Waals surface area contributed by atoms with Crippen LogP contribution in [0.5, 0.6) is 11.5 Å². The average Bonchev–Trinajstić information content (AvgIpc) is 2.52. The van der Waals surface area contributed by atoms with Crippen molar-refractivity contribution < 1.29 is 9.47 Å². The highest BCUT2D eigenvalue weighted by atomic mass is 16.5. The maximum Gasteiger partial charge on any atom is 0.138 e. The molecule has 0 radical (unpaired) electrons. The van der Waals surface area contributed by atoms with Gasteiger partial charge in [0.25, 0.3) is 0 Å². The molecule has 0 amide bonds. The van der Waals surface area contributed by atoms with E-state index in [-0.39, 0.29) is 0 Å². The highest BCUT2D eigenvalue weighted by Crippen LogP contribution is 2.42. The van der Waals surface area contributed by atoms with E-state index in [1.54, 1.807) is 6.08 Å². The summed E-state index contributed by atoms with van der Waals surface area (Å²) in [5, 5.41) is 0. The van der Waals surface area contributed by atoms with E-state index in [0.717, 1.165) is 58.1 Å². The van der Waals surface area contributed by atoms with Crippen LogP contribution in [0.1, 0.15) is 18.1 Å². The summed E-state index contributed by atoms with van der Waals surface area (Å²) in [6.45, 7) is 13.5. The van der Waals surface area contributed by atoms with Gasteiger partial charge in [-0.1, -0.05) is 38.0 Å². The van der Waals surface area contributed by atoms with E-state index in [1.165, 1.54) is 0 Å². The van der Waals surface area contributed by atoms with Crippen molar-refractivity contribution in [2.45, 2.75) is 19.8 Å². The standard InChI is InChI=1S/C19H18O2/c1-5-13-11-16-18(20-12(13)4)9-8-15-10-14(6-2)17(7-3)21-19(15)16/h5-9H,1-3,10-11H2,4H3. The number of benzene rings is 1. The third-order valence-corrected chi connectivity index (χ3v) is 3.97. The molecule has 0 saturated heterocycles. The van der Waals surface area contributed by atoms with E-state index in [9.17, 15) is 0 Å². The molecule has 0 N–H and O–H groups in total. The minimum atomic E-state index is 0.775. The zero-order valence-corrected chi connectivity index (χ0v) is 12.2. The van der Waals surface area contributed by atoms with Crippen molar-refractivity contribution in [3.63, 3.8) is 0 Å². The Morgan fingerprint density at radius 3 is 2.38 bits per heavy atom. The Labute approximate surface area is 125 Å². The van der Waals surface area contributed by atoms with E-state index in [0.29, 0.717) is 0 Å². The lowest BCUT2D eigenvalue weighted by molar-refractivity contribution is 0.383. The first kappa shape index (κ1) is 13.5. The third kappa shape index (κ3) is 2.13. The molecule has 2 nitrogen and oxygen atoms in total. The van der Waals surface area contributed by atoms with Crippen LogP contribution in [-0.4, -0.2) is 0 Å². The van der Waals surface area contributed by atoms with Crippen LogP contribution >= 0.6 is 0 Å². The monoisotopic (exact) mass is 278 g/mol. The van der Waals surface area contributed by atoms with Gasteiger partial charge in [0.2, 0.25) is 0 Å². The number of ether oxygens (including phenoxy) is 2. The van der Waals surface area contributed by atoms with Crippen LogP contribution in [-0.2, 0) is 12.8 Å². The highest BCUT2D eigenvalue weighted by molar-refractivity contribution is 5.59. The molecule has 0 aliphatic carbocycles. The lowest BCUT2D eigenvalue weighted by Crippen LogP contribution is -2.14. The Kier molecular flexibility index (Phi) is 3.30. The molecule has 0 unspecified atom stereocenters. The fourth-order valence-corrected chi connectivity index (χ4v) is 2.76. The Morgan fingerprint density at radius 1 is 0.952 bits per heavy atom. The summed E-state index contributed by atoms with van der Waals surface area (Å²) in [7, 11) is 0. The van der Waals surface area contributed by atoms with Gasteiger partial charge in [-0.15, -0.1) is 0 Å². The first-order valence-electron chi connectivity index (χ1n) is 6.98. The van der Waals surface area contributed by atoms with Gasteiger partial charge in [0, 0.05) is 18.4 Å². The van der Waals surface area contributed by atoms with Crippen molar-refractivity contribution in [2.75, 3.05) is 0 Å². The Morgan fingerprint density at radius 2 is 1.71 bits per heavy atom. The predicted octanol–water partition coefficient (Wildman–Crippen LogP) is 4.64. The minimum Gasteiger partial charge on any atom is -0.461 e. The van der Waals surface area contributed by atoms with Crippen LogP contribution in [0.15, 0.2) is 72.8 Å². The molecule has 1 aromatic rings. The number of hydrogen-bond donors (Lipinski definition) is 0. The Bertz CT molecular complexity index is 717. The Balaban J connectivity index is 2.09. The molecule has 3 rings (SSSR count). The minimum absolute atomic E-state index is 0.775. The van der Waals surface area contributed by atoms with Gasteiger partial charge in [-0.25, -0.2) is 0 Å². The molecule has 0 spiro atoms. The van der Waals surface area contributed by atoms with Crippen molar-refractivity contribution >= 4 is 0 Å². The Hall–Kier alpha value is -2.48. The number of fused-ring (bicyclic) bond motifs is 3. The van der Waals surface area contributed by atoms with Crippen molar-refractivity contribution in [1.29, 1.82) is 0 Å². The summed E-state index contributed by atoms with van der Waals surface area (Å²) in [5.41, 5.74) is 4.39. The second kappa shape index (κ2) is 5.13. The summed E-state index contributed by atoms with van der Waals surface area (Å²) >= 11 is 0. The number of rotatable bonds is 3. The predicted molar refractivity (Wildman–Crippen MR) is 85.4 cm³/mol. The van der Waals surface area contributed by atoms with Crippen molar-refractivity contribution in [3.05, 3.63) is 83.9 Å². The van der Waals surface area contributed by atoms with E-state index in [4.69, 9.17) is 9.47 Å². The second-order valence-corrected chi connectivity index (χ2v) is 5.17. The van der Waals surface area contributed by atoms with Gasteiger partial charge in [-0.2, -0.15) is 0 Å². The molecule has 106 valence electrons. The van der Waals surface area contributed by atoms with Gasteiger partial charge in [-0.3, -0.25) is 0 Å². The normalized spacial score (nSPS) is 16.4. The smallest absolute Gasteiger partial charge is 0.138 e. The van der Waals surface area contributed by atoms with Crippen LogP contribution in [0.3, 0.4) is 0 Å². The molecular formula is C19H18O2. The molecule has 0 fully saturated rings. The summed E-state index contributed by atoms with van der Waals surface area (Å²) in [5.74, 6) is 3.43. The first-order valence-corrected chi connectivity index (χ1v) is 6.98. The quantitative estimate of drug-likeness (QED) is 0.801. The van der Waals surface area contributed by atoms with Gasteiger partial charge in [0.05, 0.1) is 0 Å². The van der Waals surface area contributed by atoms with Crippen LogP contribution < -0.4 is 9.47 Å². The average molecular weight is 278 g/mol. The molecule has 2 aliphatic rings. The van der Waals surface area contributed by atoms with Crippen LogP contribution in [0.4, 0.5) is 0 Å². The van der Waals surface area contributed by atoms with E-state index < -0.39 is 0 Å². The first-order chi connectivity index (χ1) is 10.2. The van der Waals surface area contributed by atoms with Gasteiger partial charge >= 0.3 is 0 Å².